The molecule has 4 aromatic heterocycles. The van der Waals surface area contributed by atoms with Crippen LogP contribution in [-0.4, -0.2) is 30.8 Å². The third kappa shape index (κ3) is 2.36. The van der Waals surface area contributed by atoms with E-state index in [1.54, 1.807) is 29.4 Å². The summed E-state index contributed by atoms with van der Waals surface area (Å²) >= 11 is 3.37. The number of fused-ring (bicyclic) bond motifs is 7. The zero-order valence-electron chi connectivity index (χ0n) is 15.1. The van der Waals surface area contributed by atoms with Gasteiger partial charge in [0.05, 0.1) is 5.52 Å². The molecule has 0 saturated carbocycles. The fourth-order valence-corrected chi connectivity index (χ4v) is 5.74. The molecule has 0 saturated heterocycles. The third-order valence-electron chi connectivity index (χ3n) is 5.33. The lowest BCUT2D eigenvalue weighted by atomic mass is 9.87. The van der Waals surface area contributed by atoms with Crippen molar-refractivity contribution in [1.82, 2.24) is 24.6 Å². The normalized spacial score (nSPS) is 14.5. The summed E-state index contributed by atoms with van der Waals surface area (Å²) in [5, 5.41) is 10.7. The van der Waals surface area contributed by atoms with Crippen molar-refractivity contribution in [3.05, 3.63) is 23.1 Å². The predicted molar refractivity (Wildman–Crippen MR) is 109 cm³/mol. The van der Waals surface area contributed by atoms with Crippen molar-refractivity contribution in [3.63, 3.8) is 0 Å². The molecule has 5 nitrogen and oxygen atoms in total. The summed E-state index contributed by atoms with van der Waals surface area (Å²) in [4.78, 5) is 11.2. The molecule has 1 aliphatic rings. The monoisotopic (exact) mass is 383 g/mol. The molecule has 26 heavy (non-hydrogen) atoms. The van der Waals surface area contributed by atoms with Gasteiger partial charge < -0.3 is 0 Å². The van der Waals surface area contributed by atoms with Crippen LogP contribution in [0.1, 0.15) is 49.4 Å². The van der Waals surface area contributed by atoms with E-state index in [1.165, 1.54) is 47.9 Å². The van der Waals surface area contributed by atoms with Crippen molar-refractivity contribution in [1.29, 1.82) is 0 Å². The van der Waals surface area contributed by atoms with Crippen molar-refractivity contribution in [2.75, 3.05) is 6.26 Å². The van der Waals surface area contributed by atoms with Gasteiger partial charge in [-0.05, 0) is 55.9 Å². The van der Waals surface area contributed by atoms with Gasteiger partial charge in [0.2, 0.25) is 0 Å². The maximum Gasteiger partial charge on any atom is 0.182 e. The van der Waals surface area contributed by atoms with Gasteiger partial charge in [-0.3, -0.25) is 4.40 Å². The zero-order valence-corrected chi connectivity index (χ0v) is 16.7. The van der Waals surface area contributed by atoms with E-state index >= 15 is 0 Å². The highest BCUT2D eigenvalue weighted by Crippen LogP contribution is 2.41. The van der Waals surface area contributed by atoms with Crippen LogP contribution in [0.2, 0.25) is 0 Å². The second-order valence-corrected chi connectivity index (χ2v) is 8.68. The highest BCUT2D eigenvalue weighted by Gasteiger charge is 2.23. The molecule has 0 N–H and O–H groups in total. The molecule has 0 amide bonds. The number of thiophene rings is 1. The molecule has 4 heterocycles. The van der Waals surface area contributed by atoms with E-state index < -0.39 is 0 Å². The molecular weight excluding hydrogens is 362 g/mol. The summed E-state index contributed by atoms with van der Waals surface area (Å²) in [6, 6.07) is 0. The summed E-state index contributed by atoms with van der Waals surface area (Å²) in [5.41, 5.74) is 6.31. The van der Waals surface area contributed by atoms with Gasteiger partial charge >= 0.3 is 0 Å². The Kier molecular flexibility index (Phi) is 4.09. The van der Waals surface area contributed by atoms with Gasteiger partial charge in [0.25, 0.3) is 0 Å². The minimum absolute atomic E-state index is 0.905. The molecule has 1 aliphatic carbocycles. The van der Waals surface area contributed by atoms with Crippen LogP contribution in [0.3, 0.4) is 0 Å². The molecule has 0 aliphatic heterocycles. The Morgan fingerprint density at radius 1 is 1.19 bits per heavy atom. The van der Waals surface area contributed by atoms with Gasteiger partial charge in [-0.1, -0.05) is 25.1 Å². The van der Waals surface area contributed by atoms with Crippen molar-refractivity contribution in [2.45, 2.75) is 57.0 Å². The van der Waals surface area contributed by atoms with Crippen molar-refractivity contribution >= 4 is 49.2 Å². The second-order valence-electron chi connectivity index (χ2n) is 6.91. The minimum Gasteiger partial charge on any atom is -0.259 e. The van der Waals surface area contributed by atoms with E-state index in [4.69, 9.17) is 9.97 Å². The smallest absolute Gasteiger partial charge is 0.182 e. The molecule has 0 bridgehead atoms. The summed E-state index contributed by atoms with van der Waals surface area (Å²) in [5.74, 6) is 0. The van der Waals surface area contributed by atoms with Crippen LogP contribution in [0.15, 0.2) is 11.5 Å². The van der Waals surface area contributed by atoms with Gasteiger partial charge in [0, 0.05) is 11.1 Å². The molecule has 0 fully saturated rings. The standard InChI is InChI=1S/C19H21N5S2/c1-3-4-9-13-11-7-5-6-8-12(11)14-15-16(26-18(14)21-13)17-23-20-10-24(17)19(22-15)25-2/h10H,3-9H2,1-2H3. The van der Waals surface area contributed by atoms with Crippen molar-refractivity contribution in [2.24, 2.45) is 0 Å². The van der Waals surface area contributed by atoms with E-state index in [2.05, 4.69) is 23.4 Å². The summed E-state index contributed by atoms with van der Waals surface area (Å²) < 4.78 is 3.11. The predicted octanol–water partition coefficient (Wildman–Crippen LogP) is 4.83. The minimum atomic E-state index is 0.905. The number of hydrogen-bond acceptors (Lipinski definition) is 6. The molecule has 0 spiro atoms. The number of unbranched alkanes of at least 4 members (excludes halogenated alkanes) is 1. The second kappa shape index (κ2) is 6.46. The SMILES string of the molecule is CCCCc1nc2sc3c(nc(SC)n4cnnc34)c2c2c1CCCC2. The number of aryl methyl sites for hydroxylation is 2. The van der Waals surface area contributed by atoms with E-state index in [0.29, 0.717) is 0 Å². The topological polar surface area (TPSA) is 56.0 Å². The number of pyridine rings is 1. The molecule has 0 atom stereocenters. The Morgan fingerprint density at radius 2 is 2.04 bits per heavy atom. The van der Waals surface area contributed by atoms with E-state index in [1.807, 2.05) is 4.40 Å². The molecule has 7 heteroatoms. The van der Waals surface area contributed by atoms with E-state index in [0.717, 1.165) is 45.1 Å². The maximum absolute atomic E-state index is 5.12. The Hall–Kier alpha value is -1.73. The Bertz CT molecular complexity index is 1130. The number of hydrogen-bond donors (Lipinski definition) is 0. The maximum atomic E-state index is 5.12. The van der Waals surface area contributed by atoms with Crippen LogP contribution >= 0.6 is 23.1 Å². The first-order valence-electron chi connectivity index (χ1n) is 9.32. The number of thioether (sulfide) groups is 1. The fraction of sp³-hybridized carbons (Fsp3) is 0.474. The van der Waals surface area contributed by atoms with Crippen LogP contribution in [0.4, 0.5) is 0 Å². The average molecular weight is 384 g/mol. The summed E-state index contributed by atoms with van der Waals surface area (Å²) in [6.07, 6.45) is 12.2. The summed E-state index contributed by atoms with van der Waals surface area (Å²) in [7, 11) is 0. The first kappa shape index (κ1) is 16.4. The molecule has 4 aromatic rings. The van der Waals surface area contributed by atoms with Crippen LogP contribution in [0.5, 0.6) is 0 Å². The lowest BCUT2D eigenvalue weighted by molar-refractivity contribution is 0.670. The Balaban J connectivity index is 1.88. The fourth-order valence-electron chi connectivity index (χ4n) is 4.08. The zero-order chi connectivity index (χ0) is 17.7. The number of nitrogens with zero attached hydrogens (tertiary/aromatic N) is 5. The Morgan fingerprint density at radius 3 is 2.85 bits per heavy atom. The molecule has 0 radical (unpaired) electrons. The highest BCUT2D eigenvalue weighted by molar-refractivity contribution is 7.98. The number of rotatable bonds is 4. The van der Waals surface area contributed by atoms with Crippen LogP contribution in [-0.2, 0) is 19.3 Å². The molecule has 134 valence electrons. The average Bonchev–Trinajstić information content (AvgIpc) is 3.29. The van der Waals surface area contributed by atoms with Crippen LogP contribution in [0.25, 0.3) is 26.1 Å². The van der Waals surface area contributed by atoms with E-state index in [-0.39, 0.29) is 0 Å². The Labute approximate surface area is 160 Å². The summed E-state index contributed by atoms with van der Waals surface area (Å²) in [6.45, 7) is 2.25. The molecule has 5 rings (SSSR count). The first-order valence-corrected chi connectivity index (χ1v) is 11.4. The van der Waals surface area contributed by atoms with Crippen molar-refractivity contribution < 1.29 is 0 Å². The van der Waals surface area contributed by atoms with Gasteiger partial charge in [-0.2, -0.15) is 0 Å². The van der Waals surface area contributed by atoms with Crippen LogP contribution in [0, 0.1) is 0 Å². The first-order chi connectivity index (χ1) is 12.8. The van der Waals surface area contributed by atoms with Gasteiger partial charge in [-0.25, -0.2) is 9.97 Å². The highest BCUT2D eigenvalue weighted by atomic mass is 32.2. The van der Waals surface area contributed by atoms with Crippen molar-refractivity contribution in [3.8, 4) is 0 Å². The quantitative estimate of drug-likeness (QED) is 0.373. The van der Waals surface area contributed by atoms with E-state index in [9.17, 15) is 0 Å². The lowest BCUT2D eigenvalue weighted by Crippen LogP contribution is -2.09. The molecular formula is C19H21N5S2. The third-order valence-corrected chi connectivity index (χ3v) is 7.05. The molecule has 0 unspecified atom stereocenters. The van der Waals surface area contributed by atoms with Gasteiger partial charge in [-0.15, -0.1) is 21.5 Å². The lowest BCUT2D eigenvalue weighted by Gasteiger charge is -2.20. The van der Waals surface area contributed by atoms with Crippen LogP contribution < -0.4 is 0 Å². The van der Waals surface area contributed by atoms with Gasteiger partial charge in [0.15, 0.2) is 10.8 Å². The van der Waals surface area contributed by atoms with Gasteiger partial charge in [0.1, 0.15) is 15.9 Å². The largest absolute Gasteiger partial charge is 0.259 e. The number of aromatic nitrogens is 5. The molecule has 0 aromatic carbocycles.